The minimum atomic E-state index is -1.21. The quantitative estimate of drug-likeness (QED) is 0.743. The normalized spacial score (nSPS) is 16.0. The molecule has 1 amide bonds. The minimum absolute atomic E-state index is 0.274. The van der Waals surface area contributed by atoms with Crippen LogP contribution in [0.5, 0.6) is 0 Å². The monoisotopic (exact) mass is 331 g/mol. The lowest BCUT2D eigenvalue weighted by Crippen LogP contribution is -2.52. The number of carboxylic acid groups (broad SMARTS) is 1. The summed E-state index contributed by atoms with van der Waals surface area (Å²) in [6.07, 6.45) is 3.74. The molecule has 0 radical (unpaired) electrons. The Balaban J connectivity index is 1.87. The minimum Gasteiger partial charge on any atom is -0.480 e. The van der Waals surface area contributed by atoms with Crippen LogP contribution in [0.25, 0.3) is 5.82 Å². The van der Waals surface area contributed by atoms with Crippen LogP contribution in [0.15, 0.2) is 23.1 Å². The second kappa shape index (κ2) is 5.91. The summed E-state index contributed by atoms with van der Waals surface area (Å²) in [5.41, 5.74) is -0.769. The zero-order valence-corrected chi connectivity index (χ0v) is 13.1. The number of aromatic amines is 1. The highest BCUT2D eigenvalue weighted by atomic mass is 16.4. The Bertz CT molecular complexity index is 827. The first-order chi connectivity index (χ1) is 11.4. The molecule has 0 spiro atoms. The van der Waals surface area contributed by atoms with E-state index in [1.807, 2.05) is 0 Å². The van der Waals surface area contributed by atoms with Gasteiger partial charge in [0.2, 0.25) is 0 Å². The summed E-state index contributed by atoms with van der Waals surface area (Å²) >= 11 is 0. The molecule has 0 atom stereocenters. The number of carbonyl (C=O) groups excluding carboxylic acids is 1. The lowest BCUT2D eigenvalue weighted by Gasteiger charge is -2.25. The van der Waals surface area contributed by atoms with Gasteiger partial charge in [-0.05, 0) is 25.8 Å². The van der Waals surface area contributed by atoms with E-state index < -0.39 is 17.4 Å². The summed E-state index contributed by atoms with van der Waals surface area (Å²) in [4.78, 5) is 35.2. The molecule has 9 heteroatoms. The zero-order valence-electron chi connectivity index (χ0n) is 13.1. The molecule has 0 saturated heterocycles. The maximum absolute atomic E-state index is 12.5. The number of aliphatic carboxylic acids is 1. The summed E-state index contributed by atoms with van der Waals surface area (Å²) in [5, 5.41) is 22.4. The zero-order chi connectivity index (χ0) is 17.3. The smallest absolute Gasteiger partial charge is 0.329 e. The van der Waals surface area contributed by atoms with Crippen molar-refractivity contribution >= 4 is 11.9 Å². The van der Waals surface area contributed by atoms with Gasteiger partial charge >= 0.3 is 5.97 Å². The number of carboxylic acids is 1. The summed E-state index contributed by atoms with van der Waals surface area (Å²) in [5.74, 6) is -1.13. The largest absolute Gasteiger partial charge is 0.480 e. The molecule has 9 nitrogen and oxygen atoms in total. The highest BCUT2D eigenvalue weighted by Gasteiger charge is 2.43. The Kier molecular flexibility index (Phi) is 3.92. The van der Waals surface area contributed by atoms with Crippen molar-refractivity contribution in [2.45, 2.75) is 38.1 Å². The first-order valence-electron chi connectivity index (χ1n) is 7.60. The predicted octanol–water partition coefficient (Wildman–Crippen LogP) is 0.391. The molecule has 24 heavy (non-hydrogen) atoms. The number of carbonyl (C=O) groups is 2. The SMILES string of the molecule is Cc1c(C(=O)NC2(C(=O)O)CCCC2)cnn1-c1ccc(=O)[nH]n1. The fraction of sp³-hybridized carbons (Fsp3) is 0.400. The summed E-state index contributed by atoms with van der Waals surface area (Å²) in [7, 11) is 0. The van der Waals surface area contributed by atoms with Gasteiger partial charge < -0.3 is 10.4 Å². The molecule has 1 fully saturated rings. The first-order valence-corrected chi connectivity index (χ1v) is 7.60. The number of rotatable bonds is 4. The van der Waals surface area contributed by atoms with E-state index in [0.29, 0.717) is 24.4 Å². The van der Waals surface area contributed by atoms with E-state index in [-0.39, 0.29) is 11.1 Å². The lowest BCUT2D eigenvalue weighted by molar-refractivity contribution is -0.144. The van der Waals surface area contributed by atoms with Crippen molar-refractivity contribution in [3.63, 3.8) is 0 Å². The van der Waals surface area contributed by atoms with E-state index in [0.717, 1.165) is 12.8 Å². The maximum Gasteiger partial charge on any atom is 0.329 e. The van der Waals surface area contributed by atoms with E-state index in [1.165, 1.54) is 23.0 Å². The molecular formula is C15H17N5O4. The van der Waals surface area contributed by atoms with Gasteiger partial charge in [0.25, 0.3) is 11.5 Å². The van der Waals surface area contributed by atoms with E-state index in [9.17, 15) is 19.5 Å². The average molecular weight is 331 g/mol. The van der Waals surface area contributed by atoms with Gasteiger partial charge in [0, 0.05) is 6.07 Å². The van der Waals surface area contributed by atoms with Crippen LogP contribution in [0, 0.1) is 6.92 Å². The molecule has 0 unspecified atom stereocenters. The molecule has 1 aliphatic rings. The van der Waals surface area contributed by atoms with Crippen molar-refractivity contribution in [3.8, 4) is 5.82 Å². The molecule has 2 aromatic rings. The first kappa shape index (κ1) is 15.9. The molecule has 0 aromatic carbocycles. The van der Waals surface area contributed by atoms with Gasteiger partial charge in [-0.1, -0.05) is 12.8 Å². The molecule has 1 aliphatic carbocycles. The molecule has 3 rings (SSSR count). The van der Waals surface area contributed by atoms with Crippen LogP contribution < -0.4 is 10.9 Å². The van der Waals surface area contributed by atoms with Crippen LogP contribution in [0.2, 0.25) is 0 Å². The number of H-pyrrole nitrogens is 1. The van der Waals surface area contributed by atoms with Crippen LogP contribution in [0.3, 0.4) is 0 Å². The Morgan fingerprint density at radius 1 is 1.33 bits per heavy atom. The van der Waals surface area contributed by atoms with Crippen LogP contribution in [0.1, 0.15) is 41.7 Å². The standard InChI is InChI=1S/C15H17N5O4/c1-9-10(8-16-20(9)11-4-5-12(21)19-18-11)13(22)17-15(14(23)24)6-2-3-7-15/h4-5,8H,2-3,6-7H2,1H3,(H,17,22)(H,19,21)(H,23,24). The van der Waals surface area contributed by atoms with Crippen LogP contribution in [0.4, 0.5) is 0 Å². The number of hydrogen-bond donors (Lipinski definition) is 3. The molecule has 3 N–H and O–H groups in total. The lowest BCUT2D eigenvalue weighted by atomic mass is 9.97. The van der Waals surface area contributed by atoms with Gasteiger partial charge in [-0.15, -0.1) is 0 Å². The van der Waals surface area contributed by atoms with Gasteiger partial charge in [-0.3, -0.25) is 9.59 Å². The second-order valence-electron chi connectivity index (χ2n) is 5.88. The maximum atomic E-state index is 12.5. The van der Waals surface area contributed by atoms with Crippen molar-refractivity contribution in [2.75, 3.05) is 0 Å². The summed E-state index contributed by atoms with van der Waals surface area (Å²) in [6, 6.07) is 2.79. The topological polar surface area (TPSA) is 130 Å². The van der Waals surface area contributed by atoms with Crippen LogP contribution >= 0.6 is 0 Å². The van der Waals surface area contributed by atoms with Crippen molar-refractivity contribution in [2.24, 2.45) is 0 Å². The molecule has 0 aliphatic heterocycles. The Hall–Kier alpha value is -2.97. The van der Waals surface area contributed by atoms with Gasteiger partial charge in [-0.2, -0.15) is 10.2 Å². The third-order valence-electron chi connectivity index (χ3n) is 4.36. The molecule has 2 heterocycles. The fourth-order valence-electron chi connectivity index (χ4n) is 2.97. The molecule has 126 valence electrons. The fourth-order valence-corrected chi connectivity index (χ4v) is 2.97. The highest BCUT2D eigenvalue weighted by Crippen LogP contribution is 2.30. The second-order valence-corrected chi connectivity index (χ2v) is 5.88. The molecule has 1 saturated carbocycles. The third-order valence-corrected chi connectivity index (χ3v) is 4.36. The number of nitrogens with one attached hydrogen (secondary N) is 2. The van der Waals surface area contributed by atoms with E-state index >= 15 is 0 Å². The van der Waals surface area contributed by atoms with Gasteiger partial charge in [0.05, 0.1) is 17.5 Å². The Morgan fingerprint density at radius 2 is 2.04 bits per heavy atom. The van der Waals surface area contributed by atoms with Gasteiger partial charge in [0.15, 0.2) is 5.82 Å². The average Bonchev–Trinajstić information content (AvgIpc) is 3.16. The van der Waals surface area contributed by atoms with Crippen molar-refractivity contribution in [1.29, 1.82) is 0 Å². The predicted molar refractivity (Wildman–Crippen MR) is 83.0 cm³/mol. The number of amides is 1. The van der Waals surface area contributed by atoms with Crippen molar-refractivity contribution in [1.82, 2.24) is 25.3 Å². The van der Waals surface area contributed by atoms with Gasteiger partial charge in [0.1, 0.15) is 5.54 Å². The van der Waals surface area contributed by atoms with E-state index in [2.05, 4.69) is 20.6 Å². The van der Waals surface area contributed by atoms with Gasteiger partial charge in [-0.25, -0.2) is 14.6 Å². The van der Waals surface area contributed by atoms with E-state index in [4.69, 9.17) is 0 Å². The number of nitrogens with zero attached hydrogens (tertiary/aromatic N) is 3. The summed E-state index contributed by atoms with van der Waals surface area (Å²) < 4.78 is 1.41. The van der Waals surface area contributed by atoms with Crippen molar-refractivity contribution < 1.29 is 14.7 Å². The van der Waals surface area contributed by atoms with E-state index in [1.54, 1.807) is 6.92 Å². The molecular weight excluding hydrogens is 314 g/mol. The number of hydrogen-bond acceptors (Lipinski definition) is 5. The summed E-state index contributed by atoms with van der Waals surface area (Å²) in [6.45, 7) is 1.68. The van der Waals surface area contributed by atoms with Crippen LogP contribution in [-0.4, -0.2) is 42.5 Å². The number of aromatic nitrogens is 4. The Morgan fingerprint density at radius 3 is 2.62 bits per heavy atom. The molecule has 2 aromatic heterocycles. The van der Waals surface area contributed by atoms with Crippen LogP contribution in [-0.2, 0) is 4.79 Å². The van der Waals surface area contributed by atoms with Crippen molar-refractivity contribution in [3.05, 3.63) is 39.9 Å². The Labute approximate surface area is 136 Å². The highest BCUT2D eigenvalue weighted by molar-refractivity contribution is 5.98. The third kappa shape index (κ3) is 2.68. The molecule has 0 bridgehead atoms.